The number of aryl methyl sites for hydroxylation is 1. The molecule has 1 aliphatic carbocycles. The molecule has 1 aromatic heterocycles. The van der Waals surface area contributed by atoms with E-state index >= 15 is 0 Å². The van der Waals surface area contributed by atoms with E-state index in [0.29, 0.717) is 5.92 Å². The highest BCUT2D eigenvalue weighted by Crippen LogP contribution is 2.40. The average molecular weight is 371 g/mol. The molecule has 0 radical (unpaired) electrons. The van der Waals surface area contributed by atoms with Crippen LogP contribution >= 0.6 is 0 Å². The van der Waals surface area contributed by atoms with Crippen LogP contribution in [0.3, 0.4) is 0 Å². The molecule has 4 rings (SSSR count). The van der Waals surface area contributed by atoms with Crippen molar-refractivity contribution < 1.29 is 4.79 Å². The molecule has 3 fully saturated rings. The van der Waals surface area contributed by atoms with E-state index < -0.39 is 0 Å². The van der Waals surface area contributed by atoms with Crippen molar-refractivity contribution >= 4 is 5.91 Å². The van der Waals surface area contributed by atoms with E-state index in [-0.39, 0.29) is 17.9 Å². The average Bonchev–Trinajstić information content (AvgIpc) is 3.52. The minimum absolute atomic E-state index is 0.101. The maximum atomic E-state index is 13.0. The van der Waals surface area contributed by atoms with Crippen LogP contribution in [-0.2, 0) is 4.79 Å². The molecule has 0 aromatic carbocycles. The Morgan fingerprint density at radius 3 is 2.41 bits per heavy atom. The third-order valence-corrected chi connectivity index (χ3v) is 6.72. The first kappa shape index (κ1) is 18.9. The number of likely N-dealkylation sites (tertiary alicyclic amines) is 2. The van der Waals surface area contributed by atoms with Gasteiger partial charge in [-0.25, -0.2) is 0 Å². The van der Waals surface area contributed by atoms with E-state index in [1.54, 1.807) is 0 Å². The standard InChI is InChI=1S/C22H34N4O/c1-16-4-3-5-20(23-16)21(17-6-7-17)24-22(27)18-8-14-26(15-9-18)19-10-12-25(2)13-11-19/h3-5,17-19,21H,6-15H2,1-2H3,(H,24,27)/t21-/m0/s1. The van der Waals surface area contributed by atoms with Gasteiger partial charge in [-0.1, -0.05) is 6.07 Å². The highest BCUT2D eigenvalue weighted by atomic mass is 16.2. The minimum atomic E-state index is 0.101. The molecule has 2 saturated heterocycles. The number of hydrogen-bond donors (Lipinski definition) is 1. The molecule has 1 saturated carbocycles. The van der Waals surface area contributed by atoms with Gasteiger partial charge in [0.1, 0.15) is 0 Å². The number of aromatic nitrogens is 1. The lowest BCUT2D eigenvalue weighted by Gasteiger charge is -2.41. The molecular weight excluding hydrogens is 336 g/mol. The fourth-order valence-electron chi connectivity index (χ4n) is 4.76. The summed E-state index contributed by atoms with van der Waals surface area (Å²) >= 11 is 0. The van der Waals surface area contributed by atoms with Crippen molar-refractivity contribution in [2.45, 2.75) is 57.5 Å². The van der Waals surface area contributed by atoms with Crippen molar-refractivity contribution in [1.82, 2.24) is 20.1 Å². The number of hydrogen-bond acceptors (Lipinski definition) is 4. The second-order valence-corrected chi connectivity index (χ2v) is 8.87. The van der Waals surface area contributed by atoms with E-state index in [9.17, 15) is 4.79 Å². The van der Waals surface area contributed by atoms with Gasteiger partial charge >= 0.3 is 0 Å². The van der Waals surface area contributed by atoms with Gasteiger partial charge < -0.3 is 15.1 Å². The first-order valence-electron chi connectivity index (χ1n) is 10.8. The van der Waals surface area contributed by atoms with Crippen LogP contribution in [0.15, 0.2) is 18.2 Å². The predicted octanol–water partition coefficient (Wildman–Crippen LogP) is 2.76. The van der Waals surface area contributed by atoms with Gasteiger partial charge in [0.15, 0.2) is 0 Å². The van der Waals surface area contributed by atoms with Crippen molar-refractivity contribution in [3.8, 4) is 0 Å². The molecule has 1 amide bonds. The number of nitrogens with one attached hydrogen (secondary N) is 1. The molecule has 0 bridgehead atoms. The summed E-state index contributed by atoms with van der Waals surface area (Å²) in [5, 5.41) is 3.37. The van der Waals surface area contributed by atoms with Crippen LogP contribution in [0, 0.1) is 18.8 Å². The largest absolute Gasteiger partial charge is 0.347 e. The summed E-state index contributed by atoms with van der Waals surface area (Å²) in [6, 6.07) is 6.97. The van der Waals surface area contributed by atoms with Crippen LogP contribution in [0.4, 0.5) is 0 Å². The van der Waals surface area contributed by atoms with Gasteiger partial charge in [0.25, 0.3) is 0 Å². The van der Waals surface area contributed by atoms with Crippen LogP contribution in [0.25, 0.3) is 0 Å². The predicted molar refractivity (Wildman–Crippen MR) is 107 cm³/mol. The van der Waals surface area contributed by atoms with Gasteiger partial charge in [-0.05, 0) is 96.7 Å². The summed E-state index contributed by atoms with van der Waals surface area (Å²) < 4.78 is 0. The van der Waals surface area contributed by atoms with Crippen LogP contribution < -0.4 is 5.32 Å². The van der Waals surface area contributed by atoms with Gasteiger partial charge in [-0.3, -0.25) is 9.78 Å². The second kappa shape index (κ2) is 8.27. The van der Waals surface area contributed by atoms with Crippen LogP contribution in [0.5, 0.6) is 0 Å². The van der Waals surface area contributed by atoms with Gasteiger partial charge in [-0.15, -0.1) is 0 Å². The monoisotopic (exact) mass is 370 g/mol. The zero-order chi connectivity index (χ0) is 18.8. The Balaban J connectivity index is 1.31. The number of carbonyl (C=O) groups excluding carboxylic acids is 1. The lowest BCUT2D eigenvalue weighted by atomic mass is 9.92. The Kier molecular flexibility index (Phi) is 5.79. The molecule has 27 heavy (non-hydrogen) atoms. The van der Waals surface area contributed by atoms with Gasteiger partial charge in [0.2, 0.25) is 5.91 Å². The van der Waals surface area contributed by atoms with Crippen molar-refractivity contribution in [2.24, 2.45) is 11.8 Å². The van der Waals surface area contributed by atoms with E-state index in [1.165, 1.54) is 38.8 Å². The number of amides is 1. The number of rotatable bonds is 5. The molecule has 3 heterocycles. The Morgan fingerprint density at radius 2 is 1.78 bits per heavy atom. The third-order valence-electron chi connectivity index (χ3n) is 6.72. The summed E-state index contributed by atoms with van der Waals surface area (Å²) in [6.45, 7) is 6.58. The van der Waals surface area contributed by atoms with Crippen molar-refractivity contribution in [3.05, 3.63) is 29.6 Å². The second-order valence-electron chi connectivity index (χ2n) is 8.87. The first-order chi connectivity index (χ1) is 13.1. The summed E-state index contributed by atoms with van der Waals surface area (Å²) in [7, 11) is 2.21. The molecule has 2 aliphatic heterocycles. The summed E-state index contributed by atoms with van der Waals surface area (Å²) in [5.41, 5.74) is 2.06. The van der Waals surface area contributed by atoms with Crippen molar-refractivity contribution in [1.29, 1.82) is 0 Å². The number of pyridine rings is 1. The van der Waals surface area contributed by atoms with Crippen molar-refractivity contribution in [3.63, 3.8) is 0 Å². The normalized spacial score (nSPS) is 24.7. The molecule has 1 atom stereocenters. The third kappa shape index (κ3) is 4.69. The fourth-order valence-corrected chi connectivity index (χ4v) is 4.76. The van der Waals surface area contributed by atoms with Gasteiger partial charge in [0, 0.05) is 17.7 Å². The molecule has 1 N–H and O–H groups in total. The van der Waals surface area contributed by atoms with Crippen LogP contribution in [0.1, 0.15) is 56.0 Å². The molecular formula is C22H34N4O. The summed E-state index contributed by atoms with van der Waals surface area (Å²) in [4.78, 5) is 22.7. The number of piperidine rings is 2. The Labute approximate surface area is 163 Å². The van der Waals surface area contributed by atoms with Crippen LogP contribution in [0.2, 0.25) is 0 Å². The molecule has 0 unspecified atom stereocenters. The molecule has 5 heteroatoms. The Bertz CT molecular complexity index is 643. The Morgan fingerprint density at radius 1 is 1.07 bits per heavy atom. The van der Waals surface area contributed by atoms with Gasteiger partial charge in [-0.2, -0.15) is 0 Å². The van der Waals surface area contributed by atoms with Gasteiger partial charge in [0.05, 0.1) is 11.7 Å². The van der Waals surface area contributed by atoms with Crippen LogP contribution in [-0.4, -0.2) is 60.0 Å². The molecule has 148 valence electrons. The molecule has 1 aromatic rings. The van der Waals surface area contributed by atoms with E-state index in [4.69, 9.17) is 0 Å². The summed E-state index contributed by atoms with van der Waals surface area (Å²) in [6.07, 6.45) is 6.95. The fraction of sp³-hybridized carbons (Fsp3) is 0.727. The highest BCUT2D eigenvalue weighted by Gasteiger charge is 2.36. The zero-order valence-corrected chi connectivity index (χ0v) is 16.9. The lowest BCUT2D eigenvalue weighted by molar-refractivity contribution is -0.127. The maximum Gasteiger partial charge on any atom is 0.223 e. The smallest absolute Gasteiger partial charge is 0.223 e. The highest BCUT2D eigenvalue weighted by molar-refractivity contribution is 5.79. The number of carbonyl (C=O) groups is 1. The van der Waals surface area contributed by atoms with E-state index in [0.717, 1.165) is 43.4 Å². The Hall–Kier alpha value is -1.46. The van der Waals surface area contributed by atoms with Crippen molar-refractivity contribution in [2.75, 3.05) is 33.2 Å². The lowest BCUT2D eigenvalue weighted by Crippen LogP contribution is -2.49. The molecule has 5 nitrogen and oxygen atoms in total. The summed E-state index contributed by atoms with van der Waals surface area (Å²) in [5.74, 6) is 0.986. The maximum absolute atomic E-state index is 13.0. The zero-order valence-electron chi connectivity index (χ0n) is 16.9. The quantitative estimate of drug-likeness (QED) is 0.866. The molecule has 0 spiro atoms. The minimum Gasteiger partial charge on any atom is -0.347 e. The topological polar surface area (TPSA) is 48.5 Å². The number of nitrogens with zero attached hydrogens (tertiary/aromatic N) is 3. The molecule has 3 aliphatic rings. The first-order valence-corrected chi connectivity index (χ1v) is 10.8. The van der Waals surface area contributed by atoms with E-state index in [2.05, 4.69) is 39.3 Å². The van der Waals surface area contributed by atoms with E-state index in [1.807, 2.05) is 13.0 Å². The SMILES string of the molecule is Cc1cccc([C@@H](NC(=O)C2CCN(C3CCN(C)CC3)CC2)C2CC2)n1.